The quantitative estimate of drug-likeness (QED) is 0.427. The molecule has 0 N–H and O–H groups in total. The van der Waals surface area contributed by atoms with E-state index in [1.54, 1.807) is 16.8 Å². The van der Waals surface area contributed by atoms with Gasteiger partial charge in [0.2, 0.25) is 0 Å². The van der Waals surface area contributed by atoms with E-state index in [1.165, 1.54) is 11.6 Å². The van der Waals surface area contributed by atoms with Crippen LogP contribution in [0.3, 0.4) is 0 Å². The van der Waals surface area contributed by atoms with Gasteiger partial charge in [0.15, 0.2) is 0 Å². The molecule has 30 heavy (non-hydrogen) atoms. The third-order valence-electron chi connectivity index (χ3n) is 5.29. The second kappa shape index (κ2) is 6.81. The summed E-state index contributed by atoms with van der Waals surface area (Å²) in [6, 6.07) is 11.2. The van der Waals surface area contributed by atoms with Gasteiger partial charge in [-0.1, -0.05) is 24.0 Å². The zero-order valence-corrected chi connectivity index (χ0v) is 17.3. The second-order valence-corrected chi connectivity index (χ2v) is 8.63. The zero-order chi connectivity index (χ0) is 20.9. The first-order valence-electron chi connectivity index (χ1n) is 10.1. The number of rotatable bonds is 1. The number of aromatic nitrogens is 4. The van der Waals surface area contributed by atoms with Crippen LogP contribution in [0.15, 0.2) is 42.7 Å². The number of hydrogen-bond donors (Lipinski definition) is 0. The molecule has 0 radical (unpaired) electrons. The molecule has 1 aliphatic rings. The molecule has 2 aromatic carbocycles. The Hall–Kier alpha value is -3.46. The third kappa shape index (κ3) is 3.07. The fraction of sp³-hybridized carbons (Fsp3) is 0.292. The van der Waals surface area contributed by atoms with Crippen LogP contribution >= 0.6 is 0 Å². The van der Waals surface area contributed by atoms with E-state index in [9.17, 15) is 4.39 Å². The van der Waals surface area contributed by atoms with Crippen molar-refractivity contribution in [2.24, 2.45) is 5.41 Å². The Labute approximate surface area is 174 Å². The predicted molar refractivity (Wildman–Crippen MR) is 116 cm³/mol. The molecule has 0 saturated heterocycles. The number of hydrogen-bond acceptors (Lipinski definition) is 4. The molecule has 6 heteroatoms. The molecule has 0 atom stereocenters. The van der Waals surface area contributed by atoms with E-state index in [4.69, 9.17) is 4.98 Å². The number of benzene rings is 2. The van der Waals surface area contributed by atoms with Crippen molar-refractivity contribution in [1.82, 2.24) is 19.6 Å². The molecule has 4 aromatic rings. The predicted octanol–water partition coefficient (Wildman–Crippen LogP) is 4.90. The first kappa shape index (κ1) is 18.6. The Morgan fingerprint density at radius 3 is 2.77 bits per heavy atom. The molecule has 0 bridgehead atoms. The van der Waals surface area contributed by atoms with Crippen molar-refractivity contribution in [3.8, 4) is 11.8 Å². The van der Waals surface area contributed by atoms with Crippen molar-refractivity contribution in [1.29, 1.82) is 0 Å². The second-order valence-electron chi connectivity index (χ2n) is 8.63. The Balaban J connectivity index is 1.74. The molecular weight excluding hydrogens is 377 g/mol. The summed E-state index contributed by atoms with van der Waals surface area (Å²) in [5.74, 6) is 7.43. The smallest absolute Gasteiger partial charge is 0.257 e. The first-order valence-corrected chi connectivity index (χ1v) is 10.1. The molecular formula is C24H22FN5. The summed E-state index contributed by atoms with van der Waals surface area (Å²) in [4.78, 5) is 6.80. The number of nitrogens with zero attached hydrogens (tertiary/aromatic N) is 5. The van der Waals surface area contributed by atoms with Gasteiger partial charge in [-0.25, -0.2) is 4.39 Å². The Morgan fingerprint density at radius 2 is 1.93 bits per heavy atom. The van der Waals surface area contributed by atoms with Crippen LogP contribution in [0.5, 0.6) is 0 Å². The van der Waals surface area contributed by atoms with Crippen molar-refractivity contribution < 1.29 is 4.39 Å². The van der Waals surface area contributed by atoms with E-state index < -0.39 is 0 Å². The number of fused-ring (bicyclic) bond motifs is 4. The molecule has 3 heterocycles. The van der Waals surface area contributed by atoms with Crippen molar-refractivity contribution in [2.75, 3.05) is 11.4 Å². The minimum absolute atomic E-state index is 0.0727. The largest absolute Gasteiger partial charge is 0.325 e. The van der Waals surface area contributed by atoms with Gasteiger partial charge in [-0.3, -0.25) is 4.40 Å². The minimum Gasteiger partial charge on any atom is -0.325 e. The van der Waals surface area contributed by atoms with Crippen LogP contribution in [0.4, 0.5) is 15.9 Å². The molecule has 5 nitrogen and oxygen atoms in total. The maximum absolute atomic E-state index is 15.0. The lowest BCUT2D eigenvalue weighted by atomic mass is 9.93. The summed E-state index contributed by atoms with van der Waals surface area (Å²) in [5.41, 5.74) is 3.88. The number of anilines is 2. The van der Waals surface area contributed by atoms with Crippen LogP contribution in [-0.2, 0) is 6.42 Å². The number of halogens is 1. The molecule has 150 valence electrons. The highest BCUT2D eigenvalue weighted by Crippen LogP contribution is 2.38. The van der Waals surface area contributed by atoms with Gasteiger partial charge in [-0.05, 0) is 63.4 Å². The fourth-order valence-corrected chi connectivity index (χ4v) is 3.97. The van der Waals surface area contributed by atoms with Gasteiger partial charge in [0, 0.05) is 23.2 Å². The molecule has 5 rings (SSSR count). The van der Waals surface area contributed by atoms with Gasteiger partial charge >= 0.3 is 0 Å². The van der Waals surface area contributed by atoms with Gasteiger partial charge in [0.05, 0.1) is 10.9 Å². The summed E-state index contributed by atoms with van der Waals surface area (Å²) in [5, 5.41) is 8.55. The van der Waals surface area contributed by atoms with Gasteiger partial charge in [-0.15, -0.1) is 10.2 Å². The summed E-state index contributed by atoms with van der Waals surface area (Å²) < 4.78 is 16.7. The maximum atomic E-state index is 15.0. The summed E-state index contributed by atoms with van der Waals surface area (Å²) in [6.45, 7) is 7.07. The minimum atomic E-state index is -0.304. The molecule has 0 saturated carbocycles. The Morgan fingerprint density at radius 1 is 1.10 bits per heavy atom. The fourth-order valence-electron chi connectivity index (χ4n) is 3.97. The molecule has 1 aliphatic heterocycles. The molecule has 0 fully saturated rings. The average Bonchev–Trinajstić information content (AvgIpc) is 3.20. The lowest BCUT2D eigenvalue weighted by Crippen LogP contribution is -2.26. The van der Waals surface area contributed by atoms with Crippen LogP contribution in [0.1, 0.15) is 38.3 Å². The van der Waals surface area contributed by atoms with Crippen LogP contribution in [0, 0.1) is 23.1 Å². The normalized spacial score (nSPS) is 13.9. The van der Waals surface area contributed by atoms with Gasteiger partial charge in [0.25, 0.3) is 5.78 Å². The standard InChI is InChI=1S/C24H22FN5/c1-24(2,3)13-12-16-7-4-10-19-17(16)8-6-14-29(19)22-21-18(25)9-5-11-20(21)30-15-26-28-23(30)27-22/h4-5,7,9-11,15H,6,8,14H2,1-3H3. The summed E-state index contributed by atoms with van der Waals surface area (Å²) >= 11 is 0. The average molecular weight is 399 g/mol. The molecule has 2 aromatic heterocycles. The highest BCUT2D eigenvalue weighted by molar-refractivity contribution is 5.94. The topological polar surface area (TPSA) is 46.3 Å². The monoisotopic (exact) mass is 399 g/mol. The SMILES string of the molecule is CC(C)(C)C#Cc1cccc2c1CCCN2c1nc2nncn2c2cccc(F)c12. The van der Waals surface area contributed by atoms with E-state index in [2.05, 4.69) is 59.8 Å². The van der Waals surface area contributed by atoms with Crippen molar-refractivity contribution in [3.05, 3.63) is 59.7 Å². The van der Waals surface area contributed by atoms with E-state index in [-0.39, 0.29) is 11.2 Å². The van der Waals surface area contributed by atoms with E-state index in [1.807, 2.05) is 12.1 Å². The molecule has 0 spiro atoms. The van der Waals surface area contributed by atoms with Crippen LogP contribution < -0.4 is 4.90 Å². The lowest BCUT2D eigenvalue weighted by Gasteiger charge is -2.32. The first-order chi connectivity index (χ1) is 14.4. The van der Waals surface area contributed by atoms with Gasteiger partial charge < -0.3 is 4.90 Å². The summed E-state index contributed by atoms with van der Waals surface area (Å²) in [6.07, 6.45) is 3.45. The van der Waals surface area contributed by atoms with E-state index >= 15 is 0 Å². The van der Waals surface area contributed by atoms with Gasteiger partial charge in [-0.2, -0.15) is 4.98 Å². The van der Waals surface area contributed by atoms with Gasteiger partial charge in [0.1, 0.15) is 18.0 Å². The van der Waals surface area contributed by atoms with Crippen LogP contribution in [0.25, 0.3) is 16.7 Å². The molecule has 0 amide bonds. The highest BCUT2D eigenvalue weighted by Gasteiger charge is 2.25. The maximum Gasteiger partial charge on any atom is 0.257 e. The van der Waals surface area contributed by atoms with Crippen molar-refractivity contribution >= 4 is 28.2 Å². The van der Waals surface area contributed by atoms with E-state index in [0.29, 0.717) is 22.5 Å². The van der Waals surface area contributed by atoms with E-state index in [0.717, 1.165) is 30.6 Å². The highest BCUT2D eigenvalue weighted by atomic mass is 19.1. The van der Waals surface area contributed by atoms with Crippen molar-refractivity contribution in [2.45, 2.75) is 33.6 Å². The molecule has 0 unspecified atom stereocenters. The van der Waals surface area contributed by atoms with Crippen LogP contribution in [-0.4, -0.2) is 26.1 Å². The van der Waals surface area contributed by atoms with Crippen molar-refractivity contribution in [3.63, 3.8) is 0 Å². The Kier molecular flexibility index (Phi) is 4.21. The third-order valence-corrected chi connectivity index (χ3v) is 5.29. The summed E-state index contributed by atoms with van der Waals surface area (Å²) in [7, 11) is 0. The molecule has 0 aliphatic carbocycles. The van der Waals surface area contributed by atoms with Crippen LogP contribution in [0.2, 0.25) is 0 Å². The lowest BCUT2D eigenvalue weighted by molar-refractivity contribution is 0.571. The Bertz CT molecular complexity index is 1340. The zero-order valence-electron chi connectivity index (χ0n) is 17.3.